The maximum atomic E-state index is 13.4. The van der Waals surface area contributed by atoms with E-state index < -0.39 is 0 Å². The van der Waals surface area contributed by atoms with Crippen LogP contribution in [0, 0.1) is 11.7 Å². The monoisotopic (exact) mass is 281 g/mol. The highest BCUT2D eigenvalue weighted by Gasteiger charge is 2.19. The lowest BCUT2D eigenvalue weighted by Gasteiger charge is -2.26. The van der Waals surface area contributed by atoms with E-state index in [1.54, 1.807) is 18.2 Å². The molecule has 0 saturated heterocycles. The maximum absolute atomic E-state index is 13.4. The minimum absolute atomic E-state index is 0.00723. The van der Waals surface area contributed by atoms with Crippen molar-refractivity contribution in [1.29, 1.82) is 0 Å². The number of halogens is 1. The van der Waals surface area contributed by atoms with Gasteiger partial charge in [0, 0.05) is 10.9 Å². The van der Waals surface area contributed by atoms with Crippen LogP contribution in [0.3, 0.4) is 0 Å². The van der Waals surface area contributed by atoms with Crippen LogP contribution in [0.5, 0.6) is 0 Å². The van der Waals surface area contributed by atoms with Crippen LogP contribution in [0.15, 0.2) is 29.2 Å². The standard InChI is InChI=1S/C15H20FNOS/c1-11-6-8-12(9-7-11)17-15(18)10-19-14-5-3-2-4-13(14)16/h2-5,11-12H,6-10H2,1H3,(H,17,18). The summed E-state index contributed by atoms with van der Waals surface area (Å²) in [6.45, 7) is 2.26. The third kappa shape index (κ3) is 4.53. The van der Waals surface area contributed by atoms with Gasteiger partial charge in [-0.3, -0.25) is 4.79 Å². The second-order valence-electron chi connectivity index (χ2n) is 5.24. The van der Waals surface area contributed by atoms with E-state index >= 15 is 0 Å². The van der Waals surface area contributed by atoms with Crippen LogP contribution in [-0.2, 0) is 4.79 Å². The summed E-state index contributed by atoms with van der Waals surface area (Å²) in [7, 11) is 0. The van der Waals surface area contributed by atoms with E-state index in [0.29, 0.717) is 10.9 Å². The molecule has 0 spiro atoms. The molecule has 1 saturated carbocycles. The molecule has 19 heavy (non-hydrogen) atoms. The quantitative estimate of drug-likeness (QED) is 0.854. The molecule has 0 aromatic heterocycles. The molecule has 2 rings (SSSR count). The Kier molecular flexibility index (Phi) is 5.25. The van der Waals surface area contributed by atoms with Crippen molar-refractivity contribution in [3.8, 4) is 0 Å². The molecule has 0 heterocycles. The molecular weight excluding hydrogens is 261 g/mol. The Morgan fingerprint density at radius 3 is 2.68 bits per heavy atom. The minimum Gasteiger partial charge on any atom is -0.353 e. The fourth-order valence-corrected chi connectivity index (χ4v) is 3.13. The number of thioether (sulfide) groups is 1. The highest BCUT2D eigenvalue weighted by atomic mass is 32.2. The highest BCUT2D eigenvalue weighted by molar-refractivity contribution is 8.00. The Morgan fingerprint density at radius 1 is 1.32 bits per heavy atom. The van der Waals surface area contributed by atoms with Crippen LogP contribution >= 0.6 is 11.8 Å². The zero-order chi connectivity index (χ0) is 13.7. The van der Waals surface area contributed by atoms with Crippen molar-refractivity contribution in [1.82, 2.24) is 5.32 Å². The Morgan fingerprint density at radius 2 is 2.00 bits per heavy atom. The molecule has 1 aromatic rings. The SMILES string of the molecule is CC1CCC(NC(=O)CSc2ccccc2F)CC1. The van der Waals surface area contributed by atoms with Crippen LogP contribution in [0.2, 0.25) is 0 Å². The van der Waals surface area contributed by atoms with Gasteiger partial charge in [0.2, 0.25) is 5.91 Å². The molecule has 0 unspecified atom stereocenters. The van der Waals surface area contributed by atoms with Gasteiger partial charge in [-0.15, -0.1) is 11.8 Å². The summed E-state index contributed by atoms with van der Waals surface area (Å²) in [6, 6.07) is 6.87. The van der Waals surface area contributed by atoms with Gasteiger partial charge in [0.05, 0.1) is 5.75 Å². The van der Waals surface area contributed by atoms with E-state index in [1.165, 1.54) is 30.7 Å². The summed E-state index contributed by atoms with van der Waals surface area (Å²) in [6.07, 6.45) is 4.51. The average molecular weight is 281 g/mol. The summed E-state index contributed by atoms with van der Waals surface area (Å²) in [5.41, 5.74) is 0. The molecule has 0 atom stereocenters. The maximum Gasteiger partial charge on any atom is 0.230 e. The predicted octanol–water partition coefficient (Wildman–Crippen LogP) is 3.61. The first-order valence-corrected chi connectivity index (χ1v) is 7.80. The molecule has 0 aliphatic heterocycles. The van der Waals surface area contributed by atoms with Crippen LogP contribution in [0.1, 0.15) is 32.6 Å². The molecule has 0 radical (unpaired) electrons. The second-order valence-corrected chi connectivity index (χ2v) is 6.26. The smallest absolute Gasteiger partial charge is 0.230 e. The molecule has 1 aliphatic carbocycles. The molecule has 1 amide bonds. The van der Waals surface area contributed by atoms with Gasteiger partial charge in [-0.1, -0.05) is 19.1 Å². The fraction of sp³-hybridized carbons (Fsp3) is 0.533. The number of rotatable bonds is 4. The van der Waals surface area contributed by atoms with Crippen molar-refractivity contribution < 1.29 is 9.18 Å². The van der Waals surface area contributed by atoms with Gasteiger partial charge >= 0.3 is 0 Å². The minimum atomic E-state index is -0.258. The van der Waals surface area contributed by atoms with Crippen molar-refractivity contribution in [2.45, 2.75) is 43.5 Å². The van der Waals surface area contributed by atoms with Gasteiger partial charge in [-0.2, -0.15) is 0 Å². The molecular formula is C15H20FNOS. The molecule has 104 valence electrons. The zero-order valence-electron chi connectivity index (χ0n) is 11.2. The van der Waals surface area contributed by atoms with Crippen molar-refractivity contribution >= 4 is 17.7 Å². The van der Waals surface area contributed by atoms with Crippen LogP contribution < -0.4 is 5.32 Å². The summed E-state index contributed by atoms with van der Waals surface area (Å²) >= 11 is 1.26. The third-order valence-corrected chi connectivity index (χ3v) is 4.63. The molecule has 0 bridgehead atoms. The number of hydrogen-bond acceptors (Lipinski definition) is 2. The number of amides is 1. The summed E-state index contributed by atoms with van der Waals surface area (Å²) < 4.78 is 13.4. The van der Waals surface area contributed by atoms with Gasteiger partial charge < -0.3 is 5.32 Å². The molecule has 4 heteroatoms. The summed E-state index contributed by atoms with van der Waals surface area (Å²) in [5, 5.41) is 3.05. The van der Waals surface area contributed by atoms with Crippen molar-refractivity contribution in [3.05, 3.63) is 30.1 Å². The first-order chi connectivity index (χ1) is 9.15. The van der Waals surface area contributed by atoms with E-state index in [9.17, 15) is 9.18 Å². The van der Waals surface area contributed by atoms with Gasteiger partial charge in [-0.25, -0.2) is 4.39 Å². The molecule has 1 N–H and O–H groups in total. The van der Waals surface area contributed by atoms with E-state index in [-0.39, 0.29) is 17.5 Å². The molecule has 2 nitrogen and oxygen atoms in total. The van der Waals surface area contributed by atoms with Crippen molar-refractivity contribution in [2.24, 2.45) is 5.92 Å². The van der Waals surface area contributed by atoms with Gasteiger partial charge in [0.25, 0.3) is 0 Å². The van der Waals surface area contributed by atoms with Gasteiger partial charge in [-0.05, 0) is 43.7 Å². The Balaban J connectivity index is 1.74. The van der Waals surface area contributed by atoms with E-state index in [1.807, 2.05) is 0 Å². The van der Waals surface area contributed by atoms with E-state index in [4.69, 9.17) is 0 Å². The summed E-state index contributed by atoms with van der Waals surface area (Å²) in [5.74, 6) is 0.813. The lowest BCUT2D eigenvalue weighted by Crippen LogP contribution is -2.38. The lowest BCUT2D eigenvalue weighted by atomic mass is 9.87. The third-order valence-electron chi connectivity index (χ3n) is 3.58. The number of benzene rings is 1. The van der Waals surface area contributed by atoms with E-state index in [0.717, 1.165) is 18.8 Å². The first kappa shape index (κ1) is 14.4. The first-order valence-electron chi connectivity index (χ1n) is 6.82. The Bertz CT molecular complexity index is 430. The zero-order valence-corrected chi connectivity index (χ0v) is 12.0. The normalized spacial score (nSPS) is 23.1. The van der Waals surface area contributed by atoms with Crippen molar-refractivity contribution in [3.63, 3.8) is 0 Å². The molecule has 1 aromatic carbocycles. The largest absolute Gasteiger partial charge is 0.353 e. The fourth-order valence-electron chi connectivity index (χ4n) is 2.38. The number of carbonyl (C=O) groups is 1. The second kappa shape index (κ2) is 6.94. The average Bonchev–Trinajstić information content (AvgIpc) is 2.40. The summed E-state index contributed by atoms with van der Waals surface area (Å²) in [4.78, 5) is 12.4. The van der Waals surface area contributed by atoms with Gasteiger partial charge in [0.15, 0.2) is 0 Å². The number of hydrogen-bond donors (Lipinski definition) is 1. The van der Waals surface area contributed by atoms with E-state index in [2.05, 4.69) is 12.2 Å². The van der Waals surface area contributed by atoms with Crippen LogP contribution in [-0.4, -0.2) is 17.7 Å². The Labute approximate surface area is 118 Å². The molecule has 1 aliphatic rings. The van der Waals surface area contributed by atoms with Crippen molar-refractivity contribution in [2.75, 3.05) is 5.75 Å². The Hall–Kier alpha value is -1.03. The lowest BCUT2D eigenvalue weighted by molar-refractivity contribution is -0.119. The topological polar surface area (TPSA) is 29.1 Å². The van der Waals surface area contributed by atoms with Crippen LogP contribution in [0.4, 0.5) is 4.39 Å². The number of carbonyl (C=O) groups excluding carboxylic acids is 1. The highest BCUT2D eigenvalue weighted by Crippen LogP contribution is 2.24. The number of nitrogens with one attached hydrogen (secondary N) is 1. The van der Waals surface area contributed by atoms with Gasteiger partial charge in [0.1, 0.15) is 5.82 Å². The van der Waals surface area contributed by atoms with Crippen LogP contribution in [0.25, 0.3) is 0 Å². The molecule has 1 fully saturated rings. The predicted molar refractivity (Wildman–Crippen MR) is 76.7 cm³/mol.